The first-order valence-corrected chi connectivity index (χ1v) is 18.3. The van der Waals surface area contributed by atoms with Gasteiger partial charge in [-0.25, -0.2) is 0 Å². The second kappa shape index (κ2) is 32.3. The van der Waals surface area contributed by atoms with Gasteiger partial charge in [-0.05, 0) is 12.8 Å². The molecule has 5 heteroatoms. The highest BCUT2D eigenvalue weighted by molar-refractivity contribution is 5.76. The molecular formula is C36H73NO4. The fourth-order valence-corrected chi connectivity index (χ4v) is 5.81. The molecule has 0 saturated heterocycles. The molecule has 5 nitrogen and oxygen atoms in total. The zero-order valence-corrected chi connectivity index (χ0v) is 27.7. The molecule has 1 amide bonds. The topological polar surface area (TPSA) is 89.8 Å². The Kier molecular flexibility index (Phi) is 31.8. The summed E-state index contributed by atoms with van der Waals surface area (Å²) in [6, 6.07) is -0.799. The van der Waals surface area contributed by atoms with Gasteiger partial charge in [-0.1, -0.05) is 181 Å². The fraction of sp³-hybridized carbons (Fsp3) is 0.972. The van der Waals surface area contributed by atoms with E-state index in [1.807, 2.05) is 0 Å². The average Bonchev–Trinajstić information content (AvgIpc) is 2.97. The molecule has 0 unspecified atom stereocenters. The van der Waals surface area contributed by atoms with Gasteiger partial charge in [0.05, 0.1) is 18.8 Å². The van der Waals surface area contributed by atoms with Crippen LogP contribution in [0.2, 0.25) is 0 Å². The van der Waals surface area contributed by atoms with Crippen molar-refractivity contribution in [3.8, 4) is 0 Å². The number of unbranched alkanes of at least 4 members (excludes halogenated alkanes) is 25. The second-order valence-electron chi connectivity index (χ2n) is 12.8. The molecule has 3 atom stereocenters. The van der Waals surface area contributed by atoms with E-state index >= 15 is 0 Å². The number of aliphatic hydroxyl groups excluding tert-OH is 3. The van der Waals surface area contributed by atoms with Crippen LogP contribution >= 0.6 is 0 Å². The molecule has 0 aliphatic carbocycles. The Morgan fingerprint density at radius 1 is 0.512 bits per heavy atom. The first-order chi connectivity index (χ1) is 20.1. The predicted octanol–water partition coefficient (Wildman–Crippen LogP) is 9.54. The van der Waals surface area contributed by atoms with Crippen LogP contribution in [-0.4, -0.2) is 46.1 Å². The van der Waals surface area contributed by atoms with Crippen molar-refractivity contribution in [1.29, 1.82) is 0 Å². The van der Waals surface area contributed by atoms with Crippen LogP contribution in [0.4, 0.5) is 0 Å². The lowest BCUT2D eigenvalue weighted by Gasteiger charge is -2.26. The van der Waals surface area contributed by atoms with Gasteiger partial charge >= 0.3 is 0 Å². The van der Waals surface area contributed by atoms with E-state index in [1.54, 1.807) is 0 Å². The van der Waals surface area contributed by atoms with Crippen LogP contribution in [0, 0.1) is 0 Å². The summed E-state index contributed by atoms with van der Waals surface area (Å²) in [5, 5.41) is 33.2. The van der Waals surface area contributed by atoms with Crippen molar-refractivity contribution < 1.29 is 20.1 Å². The number of carbonyl (C=O) groups excluding carboxylic acids is 1. The van der Waals surface area contributed by atoms with Crippen LogP contribution in [0.25, 0.3) is 0 Å². The third-order valence-corrected chi connectivity index (χ3v) is 8.71. The molecule has 0 aromatic rings. The first-order valence-electron chi connectivity index (χ1n) is 18.3. The molecule has 0 bridgehead atoms. The molecule has 0 fully saturated rings. The van der Waals surface area contributed by atoms with Crippen molar-refractivity contribution in [3.63, 3.8) is 0 Å². The minimum absolute atomic E-state index is 0.144. The smallest absolute Gasteiger partial charge is 0.220 e. The Balaban J connectivity index is 3.58. The molecule has 0 aromatic heterocycles. The maximum atomic E-state index is 12.3. The molecule has 0 aliphatic heterocycles. The largest absolute Gasteiger partial charge is 0.394 e. The summed E-state index contributed by atoms with van der Waals surface area (Å²) >= 11 is 0. The Bertz CT molecular complexity index is 530. The second-order valence-corrected chi connectivity index (χ2v) is 12.8. The van der Waals surface area contributed by atoms with Gasteiger partial charge in [0.2, 0.25) is 5.91 Å². The molecule has 0 rings (SSSR count). The van der Waals surface area contributed by atoms with E-state index in [2.05, 4.69) is 19.2 Å². The number of hydrogen-bond acceptors (Lipinski definition) is 4. The Hall–Kier alpha value is -0.650. The van der Waals surface area contributed by atoms with E-state index in [9.17, 15) is 20.1 Å². The standard InChI is InChI=1S/C36H73NO4/c1-3-5-7-9-11-13-14-15-16-17-18-19-20-21-22-23-25-27-29-31-35(40)37-33(32-38)36(41)34(39)30-28-26-24-12-10-8-6-4-2/h33-34,36,38-39,41H,3-32H2,1-2H3,(H,37,40)/t33-,34+,36-/m0/s1. The van der Waals surface area contributed by atoms with Gasteiger partial charge in [-0.2, -0.15) is 0 Å². The zero-order chi connectivity index (χ0) is 30.2. The van der Waals surface area contributed by atoms with Gasteiger partial charge in [0.25, 0.3) is 0 Å². The number of rotatable bonds is 33. The van der Waals surface area contributed by atoms with E-state index < -0.39 is 18.2 Å². The van der Waals surface area contributed by atoms with Crippen LogP contribution in [0.5, 0.6) is 0 Å². The maximum absolute atomic E-state index is 12.3. The molecule has 0 aliphatic rings. The summed E-state index contributed by atoms with van der Waals surface area (Å²) < 4.78 is 0. The van der Waals surface area contributed by atoms with Crippen LogP contribution in [0.1, 0.15) is 200 Å². The molecule has 0 radical (unpaired) electrons. The van der Waals surface area contributed by atoms with Gasteiger partial charge in [-0.15, -0.1) is 0 Å². The molecule has 0 saturated carbocycles. The summed E-state index contributed by atoms with van der Waals surface area (Å²) in [6.07, 6.45) is 33.5. The third-order valence-electron chi connectivity index (χ3n) is 8.71. The van der Waals surface area contributed by atoms with Crippen LogP contribution < -0.4 is 5.32 Å². The first kappa shape index (κ1) is 40.4. The van der Waals surface area contributed by atoms with E-state index in [0.717, 1.165) is 38.5 Å². The monoisotopic (exact) mass is 584 g/mol. The fourth-order valence-electron chi connectivity index (χ4n) is 5.81. The molecule has 41 heavy (non-hydrogen) atoms. The van der Waals surface area contributed by atoms with E-state index in [4.69, 9.17) is 0 Å². The lowest BCUT2D eigenvalue weighted by molar-refractivity contribution is -0.124. The van der Waals surface area contributed by atoms with Crippen LogP contribution in [0.3, 0.4) is 0 Å². The lowest BCUT2D eigenvalue weighted by atomic mass is 9.99. The summed E-state index contributed by atoms with van der Waals surface area (Å²) in [6.45, 7) is 4.14. The van der Waals surface area contributed by atoms with Gasteiger partial charge in [0.15, 0.2) is 0 Å². The summed E-state index contributed by atoms with van der Waals surface area (Å²) in [5.74, 6) is -0.144. The number of hydrogen-bond donors (Lipinski definition) is 4. The Labute approximate surface area is 256 Å². The van der Waals surface area contributed by atoms with Crippen molar-refractivity contribution in [1.82, 2.24) is 5.32 Å². The SMILES string of the molecule is CCCCCCCCCCCCCCCCCCCCCC(=O)N[C@@H](CO)[C@H](O)[C@H](O)CCCCCCCCCC. The molecule has 4 N–H and O–H groups in total. The van der Waals surface area contributed by atoms with Crippen molar-refractivity contribution in [2.24, 2.45) is 0 Å². The average molecular weight is 584 g/mol. The van der Waals surface area contributed by atoms with Crippen molar-refractivity contribution in [2.45, 2.75) is 218 Å². The van der Waals surface area contributed by atoms with E-state index in [-0.39, 0.29) is 12.5 Å². The maximum Gasteiger partial charge on any atom is 0.220 e. The predicted molar refractivity (Wildman–Crippen MR) is 176 cm³/mol. The molecule has 0 spiro atoms. The minimum atomic E-state index is -1.13. The molecule has 246 valence electrons. The highest BCUT2D eigenvalue weighted by atomic mass is 16.3. The number of nitrogens with one attached hydrogen (secondary N) is 1. The third kappa shape index (κ3) is 27.9. The molecule has 0 aromatic carbocycles. The highest BCUT2D eigenvalue weighted by Crippen LogP contribution is 2.16. The highest BCUT2D eigenvalue weighted by Gasteiger charge is 2.26. The van der Waals surface area contributed by atoms with Gasteiger partial charge in [-0.3, -0.25) is 4.79 Å². The van der Waals surface area contributed by atoms with Crippen molar-refractivity contribution >= 4 is 5.91 Å². The van der Waals surface area contributed by atoms with Crippen molar-refractivity contribution in [3.05, 3.63) is 0 Å². The number of aliphatic hydroxyl groups is 3. The zero-order valence-electron chi connectivity index (χ0n) is 27.7. The van der Waals surface area contributed by atoms with Crippen LogP contribution in [-0.2, 0) is 4.79 Å². The lowest BCUT2D eigenvalue weighted by Crippen LogP contribution is -2.50. The Morgan fingerprint density at radius 2 is 0.829 bits per heavy atom. The van der Waals surface area contributed by atoms with Gasteiger partial charge in [0.1, 0.15) is 6.10 Å². The van der Waals surface area contributed by atoms with Crippen molar-refractivity contribution in [2.75, 3.05) is 6.61 Å². The van der Waals surface area contributed by atoms with Gasteiger partial charge < -0.3 is 20.6 Å². The quantitative estimate of drug-likeness (QED) is 0.0579. The Morgan fingerprint density at radius 3 is 1.17 bits per heavy atom. The van der Waals surface area contributed by atoms with Crippen LogP contribution in [0.15, 0.2) is 0 Å². The molecular weight excluding hydrogens is 510 g/mol. The number of amides is 1. The van der Waals surface area contributed by atoms with E-state index in [1.165, 1.54) is 135 Å². The summed E-state index contributed by atoms with van der Waals surface area (Å²) in [5.41, 5.74) is 0. The van der Waals surface area contributed by atoms with E-state index in [0.29, 0.717) is 12.8 Å². The normalized spacial score (nSPS) is 13.8. The van der Waals surface area contributed by atoms with Gasteiger partial charge in [0, 0.05) is 6.42 Å². The minimum Gasteiger partial charge on any atom is -0.394 e. The number of carbonyl (C=O) groups is 1. The summed E-state index contributed by atoms with van der Waals surface area (Å²) in [4.78, 5) is 12.3. The summed E-state index contributed by atoms with van der Waals surface area (Å²) in [7, 11) is 0. The molecule has 0 heterocycles.